The van der Waals surface area contributed by atoms with Crippen LogP contribution in [0.25, 0.3) is 11.0 Å². The lowest BCUT2D eigenvalue weighted by Crippen LogP contribution is -2.13. The minimum Gasteiger partial charge on any atom is -0.383 e. The van der Waals surface area contributed by atoms with Crippen LogP contribution in [0.3, 0.4) is 0 Å². The molecule has 0 amide bonds. The van der Waals surface area contributed by atoms with Crippen LogP contribution in [0, 0.1) is 0 Å². The van der Waals surface area contributed by atoms with Gasteiger partial charge in [0.1, 0.15) is 5.82 Å². The van der Waals surface area contributed by atoms with Gasteiger partial charge in [-0.3, -0.25) is 0 Å². The van der Waals surface area contributed by atoms with Crippen LogP contribution in [0.2, 0.25) is 0 Å². The SMILES string of the molecule is CN(C)c1ncc2c(N)nc(N)nc2n1. The Morgan fingerprint density at radius 3 is 2.53 bits per heavy atom. The molecule has 15 heavy (non-hydrogen) atoms. The van der Waals surface area contributed by atoms with Crippen molar-refractivity contribution in [3.05, 3.63) is 6.20 Å². The molecule has 78 valence electrons. The number of fused-ring (bicyclic) bond motifs is 1. The number of rotatable bonds is 1. The summed E-state index contributed by atoms with van der Waals surface area (Å²) in [6, 6.07) is 0. The van der Waals surface area contributed by atoms with E-state index in [4.69, 9.17) is 11.5 Å². The smallest absolute Gasteiger partial charge is 0.226 e. The van der Waals surface area contributed by atoms with Gasteiger partial charge in [0.25, 0.3) is 0 Å². The van der Waals surface area contributed by atoms with Gasteiger partial charge in [0, 0.05) is 20.3 Å². The van der Waals surface area contributed by atoms with Gasteiger partial charge in [-0.15, -0.1) is 0 Å². The van der Waals surface area contributed by atoms with Crippen molar-refractivity contribution in [2.24, 2.45) is 0 Å². The molecular weight excluding hydrogens is 194 g/mol. The van der Waals surface area contributed by atoms with Gasteiger partial charge in [-0.1, -0.05) is 0 Å². The number of nitrogens with zero attached hydrogens (tertiary/aromatic N) is 5. The van der Waals surface area contributed by atoms with Crippen molar-refractivity contribution in [1.29, 1.82) is 0 Å². The first-order chi connectivity index (χ1) is 7.08. The first-order valence-electron chi connectivity index (χ1n) is 4.31. The Balaban J connectivity index is 2.71. The van der Waals surface area contributed by atoms with Crippen molar-refractivity contribution in [1.82, 2.24) is 19.9 Å². The summed E-state index contributed by atoms with van der Waals surface area (Å²) in [7, 11) is 3.68. The van der Waals surface area contributed by atoms with E-state index < -0.39 is 0 Å². The molecule has 0 spiro atoms. The first kappa shape index (κ1) is 9.38. The third-order valence-electron chi connectivity index (χ3n) is 1.89. The Bertz CT molecular complexity index is 508. The van der Waals surface area contributed by atoms with E-state index in [-0.39, 0.29) is 5.95 Å². The highest BCUT2D eigenvalue weighted by Crippen LogP contribution is 2.17. The number of anilines is 3. The molecule has 4 N–H and O–H groups in total. The van der Waals surface area contributed by atoms with Crippen molar-refractivity contribution in [3.8, 4) is 0 Å². The molecule has 7 nitrogen and oxygen atoms in total. The molecule has 2 aromatic rings. The Labute approximate surface area is 86.2 Å². The lowest BCUT2D eigenvalue weighted by atomic mass is 10.4. The molecule has 2 rings (SSSR count). The van der Waals surface area contributed by atoms with E-state index in [1.54, 1.807) is 11.1 Å². The minimum atomic E-state index is 0.114. The maximum absolute atomic E-state index is 5.66. The van der Waals surface area contributed by atoms with Crippen LogP contribution in [0.15, 0.2) is 6.20 Å². The fourth-order valence-electron chi connectivity index (χ4n) is 1.16. The molecule has 2 heterocycles. The summed E-state index contributed by atoms with van der Waals surface area (Å²) in [5, 5.41) is 0.606. The van der Waals surface area contributed by atoms with Gasteiger partial charge < -0.3 is 16.4 Å². The number of hydrogen-bond donors (Lipinski definition) is 2. The quantitative estimate of drug-likeness (QED) is 0.655. The zero-order valence-electron chi connectivity index (χ0n) is 8.47. The van der Waals surface area contributed by atoms with Crippen LogP contribution in [0.4, 0.5) is 17.7 Å². The largest absolute Gasteiger partial charge is 0.383 e. The second-order valence-electron chi connectivity index (χ2n) is 3.27. The van der Waals surface area contributed by atoms with E-state index in [9.17, 15) is 0 Å². The molecule has 0 radical (unpaired) electrons. The summed E-state index contributed by atoms with van der Waals surface area (Å²) >= 11 is 0. The third-order valence-corrected chi connectivity index (χ3v) is 1.89. The molecule has 0 aliphatic rings. The number of hydrogen-bond acceptors (Lipinski definition) is 7. The van der Waals surface area contributed by atoms with Crippen LogP contribution in [0.5, 0.6) is 0 Å². The predicted molar refractivity (Wildman–Crippen MR) is 58.3 cm³/mol. The van der Waals surface area contributed by atoms with E-state index >= 15 is 0 Å². The van der Waals surface area contributed by atoms with Gasteiger partial charge in [-0.2, -0.15) is 15.0 Å². The normalized spacial score (nSPS) is 10.5. The Morgan fingerprint density at radius 2 is 1.87 bits per heavy atom. The highest BCUT2D eigenvalue weighted by atomic mass is 15.2. The maximum Gasteiger partial charge on any atom is 0.226 e. The van der Waals surface area contributed by atoms with Crippen LogP contribution >= 0.6 is 0 Å². The van der Waals surface area contributed by atoms with Crippen molar-refractivity contribution in [2.75, 3.05) is 30.5 Å². The van der Waals surface area contributed by atoms with E-state index in [0.717, 1.165) is 0 Å². The van der Waals surface area contributed by atoms with E-state index in [0.29, 0.717) is 22.8 Å². The average Bonchev–Trinajstić information content (AvgIpc) is 2.16. The molecule has 0 atom stereocenters. The molecule has 0 unspecified atom stereocenters. The zero-order chi connectivity index (χ0) is 11.0. The van der Waals surface area contributed by atoms with Gasteiger partial charge in [0.15, 0.2) is 5.65 Å². The highest BCUT2D eigenvalue weighted by molar-refractivity contribution is 5.85. The summed E-state index contributed by atoms with van der Waals surface area (Å²) in [6.45, 7) is 0. The summed E-state index contributed by atoms with van der Waals surface area (Å²) < 4.78 is 0. The summed E-state index contributed by atoms with van der Waals surface area (Å²) in [4.78, 5) is 17.9. The standard InChI is InChI=1S/C8H11N7/c1-15(2)8-11-3-4-5(9)12-7(10)13-6(4)14-8/h3H,1-2H3,(H4,9,10,11,12,13,14). The van der Waals surface area contributed by atoms with Crippen molar-refractivity contribution < 1.29 is 0 Å². The van der Waals surface area contributed by atoms with Gasteiger partial charge in [-0.05, 0) is 0 Å². The van der Waals surface area contributed by atoms with Crippen molar-refractivity contribution in [3.63, 3.8) is 0 Å². The molecule has 0 aliphatic carbocycles. The highest BCUT2D eigenvalue weighted by Gasteiger charge is 2.07. The molecular formula is C8H11N7. The summed E-state index contributed by atoms with van der Waals surface area (Å²) in [6.07, 6.45) is 1.59. The first-order valence-corrected chi connectivity index (χ1v) is 4.31. The molecule has 0 saturated carbocycles. The molecule has 0 aromatic carbocycles. The molecule has 0 bridgehead atoms. The molecule has 0 saturated heterocycles. The van der Waals surface area contributed by atoms with Gasteiger partial charge >= 0.3 is 0 Å². The van der Waals surface area contributed by atoms with E-state index in [1.807, 2.05) is 14.1 Å². The molecule has 0 fully saturated rings. The third kappa shape index (κ3) is 1.58. The lowest BCUT2D eigenvalue weighted by Gasteiger charge is -2.10. The fourth-order valence-corrected chi connectivity index (χ4v) is 1.16. The van der Waals surface area contributed by atoms with Crippen molar-refractivity contribution in [2.45, 2.75) is 0 Å². The topological polar surface area (TPSA) is 107 Å². The second kappa shape index (κ2) is 3.19. The Morgan fingerprint density at radius 1 is 1.13 bits per heavy atom. The van der Waals surface area contributed by atoms with E-state index in [1.165, 1.54) is 0 Å². The number of aromatic nitrogens is 4. The fraction of sp³-hybridized carbons (Fsp3) is 0.250. The molecule has 2 aromatic heterocycles. The van der Waals surface area contributed by atoms with Crippen LogP contribution in [-0.4, -0.2) is 34.0 Å². The van der Waals surface area contributed by atoms with Crippen LogP contribution < -0.4 is 16.4 Å². The predicted octanol–water partition coefficient (Wildman–Crippen LogP) is -0.350. The second-order valence-corrected chi connectivity index (χ2v) is 3.27. The Kier molecular flexibility index (Phi) is 2.00. The maximum atomic E-state index is 5.66. The zero-order valence-corrected chi connectivity index (χ0v) is 8.47. The number of nitrogens with two attached hydrogens (primary N) is 2. The Hall–Kier alpha value is -2.18. The monoisotopic (exact) mass is 205 g/mol. The van der Waals surface area contributed by atoms with E-state index in [2.05, 4.69) is 19.9 Å². The van der Waals surface area contributed by atoms with Crippen LogP contribution in [-0.2, 0) is 0 Å². The van der Waals surface area contributed by atoms with Crippen LogP contribution in [0.1, 0.15) is 0 Å². The summed E-state index contributed by atoms with van der Waals surface area (Å²) in [5.74, 6) is 0.964. The molecule has 0 aliphatic heterocycles. The summed E-state index contributed by atoms with van der Waals surface area (Å²) in [5.41, 5.74) is 11.6. The minimum absolute atomic E-state index is 0.114. The average molecular weight is 205 g/mol. The van der Waals surface area contributed by atoms with Crippen molar-refractivity contribution >= 4 is 28.7 Å². The van der Waals surface area contributed by atoms with Gasteiger partial charge in [0.05, 0.1) is 5.39 Å². The number of nitrogen functional groups attached to an aromatic ring is 2. The lowest BCUT2D eigenvalue weighted by molar-refractivity contribution is 1.01. The molecule has 7 heteroatoms. The van der Waals surface area contributed by atoms with Gasteiger partial charge in [-0.25, -0.2) is 4.98 Å². The van der Waals surface area contributed by atoms with Gasteiger partial charge in [0.2, 0.25) is 11.9 Å².